The lowest BCUT2D eigenvalue weighted by atomic mass is 10.1. The highest BCUT2D eigenvalue weighted by Crippen LogP contribution is 2.25. The second kappa shape index (κ2) is 10.2. The van der Waals surface area contributed by atoms with E-state index in [0.717, 1.165) is 37.8 Å². The van der Waals surface area contributed by atoms with Crippen molar-refractivity contribution in [1.29, 1.82) is 0 Å². The molecule has 29 heavy (non-hydrogen) atoms. The molecule has 1 heterocycles. The van der Waals surface area contributed by atoms with Crippen molar-refractivity contribution in [3.63, 3.8) is 0 Å². The Hall–Kier alpha value is -3.41. The van der Waals surface area contributed by atoms with Crippen LogP contribution in [0, 0.1) is 0 Å². The molecule has 0 aliphatic heterocycles. The number of aromatic hydroxyl groups is 1. The molecule has 0 aliphatic rings. The van der Waals surface area contributed by atoms with E-state index in [1.54, 1.807) is 24.3 Å². The number of para-hydroxylation sites is 1. The van der Waals surface area contributed by atoms with E-state index in [0.29, 0.717) is 11.9 Å². The zero-order chi connectivity index (χ0) is 20.5. The molecule has 0 radical (unpaired) electrons. The summed E-state index contributed by atoms with van der Waals surface area (Å²) in [6.07, 6.45) is 5.59. The number of amides is 1. The molecule has 6 heteroatoms. The van der Waals surface area contributed by atoms with Gasteiger partial charge in [0.2, 0.25) is 0 Å². The van der Waals surface area contributed by atoms with Gasteiger partial charge in [0.05, 0.1) is 5.39 Å². The SMILES string of the molecule is O=C(NCCCCCCN=Cc1ccccc1)c1c(O)c2ccccc2oc1=O. The average molecular weight is 392 g/mol. The quantitative estimate of drug-likeness (QED) is 0.328. The number of rotatable bonds is 9. The van der Waals surface area contributed by atoms with Crippen molar-refractivity contribution in [2.75, 3.05) is 13.1 Å². The Labute approximate surface area is 168 Å². The highest BCUT2D eigenvalue weighted by molar-refractivity contribution is 6.01. The molecule has 0 atom stereocenters. The third kappa shape index (κ3) is 5.54. The lowest BCUT2D eigenvalue weighted by molar-refractivity contribution is 0.0946. The first-order valence-electron chi connectivity index (χ1n) is 9.74. The van der Waals surface area contributed by atoms with Gasteiger partial charge in [-0.25, -0.2) is 4.79 Å². The standard InChI is InChI=1S/C23H24N2O4/c26-21-18-12-6-7-13-19(18)29-23(28)20(21)22(27)25-15-9-2-1-8-14-24-16-17-10-4-3-5-11-17/h3-7,10-13,16,26H,1-2,8-9,14-15H2,(H,25,27). The van der Waals surface area contributed by atoms with Crippen molar-refractivity contribution in [2.45, 2.75) is 25.7 Å². The predicted molar refractivity (Wildman–Crippen MR) is 114 cm³/mol. The zero-order valence-corrected chi connectivity index (χ0v) is 16.1. The normalized spacial score (nSPS) is 11.2. The third-order valence-electron chi connectivity index (χ3n) is 4.55. The van der Waals surface area contributed by atoms with Crippen LogP contribution in [-0.4, -0.2) is 30.3 Å². The van der Waals surface area contributed by atoms with Gasteiger partial charge in [-0.15, -0.1) is 0 Å². The molecule has 0 aliphatic carbocycles. The number of unbranched alkanes of at least 4 members (excludes halogenated alkanes) is 3. The molecule has 150 valence electrons. The number of nitrogens with zero attached hydrogens (tertiary/aromatic N) is 1. The fourth-order valence-electron chi connectivity index (χ4n) is 3.01. The van der Waals surface area contributed by atoms with Crippen molar-refractivity contribution >= 4 is 23.1 Å². The van der Waals surface area contributed by atoms with Gasteiger partial charge in [0.25, 0.3) is 5.91 Å². The first kappa shape index (κ1) is 20.3. The van der Waals surface area contributed by atoms with Crippen LogP contribution in [0.3, 0.4) is 0 Å². The first-order chi connectivity index (χ1) is 14.2. The Kier molecular flexibility index (Phi) is 7.16. The van der Waals surface area contributed by atoms with Crippen LogP contribution in [0.1, 0.15) is 41.6 Å². The lowest BCUT2D eigenvalue weighted by Gasteiger charge is -2.07. The Morgan fingerprint density at radius 1 is 1.00 bits per heavy atom. The van der Waals surface area contributed by atoms with Gasteiger partial charge in [-0.3, -0.25) is 9.79 Å². The molecule has 6 nitrogen and oxygen atoms in total. The van der Waals surface area contributed by atoms with Crippen molar-refractivity contribution in [1.82, 2.24) is 5.32 Å². The molecule has 0 unspecified atom stereocenters. The van der Waals surface area contributed by atoms with E-state index in [1.807, 2.05) is 36.5 Å². The molecule has 0 fully saturated rings. The predicted octanol–water partition coefficient (Wildman–Crippen LogP) is 3.91. The number of fused-ring (bicyclic) bond motifs is 1. The molecule has 0 bridgehead atoms. The molecule has 3 aromatic rings. The molecule has 1 aromatic heterocycles. The van der Waals surface area contributed by atoms with Crippen LogP contribution in [0.5, 0.6) is 5.75 Å². The average Bonchev–Trinajstić information content (AvgIpc) is 2.73. The summed E-state index contributed by atoms with van der Waals surface area (Å²) in [7, 11) is 0. The van der Waals surface area contributed by atoms with Crippen molar-refractivity contribution in [3.05, 3.63) is 76.1 Å². The van der Waals surface area contributed by atoms with E-state index in [1.165, 1.54) is 0 Å². The summed E-state index contributed by atoms with van der Waals surface area (Å²) in [6.45, 7) is 1.20. The van der Waals surface area contributed by atoms with Gasteiger partial charge >= 0.3 is 5.63 Å². The summed E-state index contributed by atoms with van der Waals surface area (Å²) >= 11 is 0. The van der Waals surface area contributed by atoms with E-state index in [9.17, 15) is 14.7 Å². The van der Waals surface area contributed by atoms with Gasteiger partial charge < -0.3 is 14.8 Å². The molecule has 2 N–H and O–H groups in total. The highest BCUT2D eigenvalue weighted by Gasteiger charge is 2.20. The molecule has 2 aromatic carbocycles. The molecule has 0 saturated heterocycles. The number of aliphatic imine (C=N–C) groups is 1. The summed E-state index contributed by atoms with van der Waals surface area (Å²) in [5, 5.41) is 13.3. The largest absolute Gasteiger partial charge is 0.506 e. The van der Waals surface area contributed by atoms with Crippen LogP contribution >= 0.6 is 0 Å². The van der Waals surface area contributed by atoms with E-state index >= 15 is 0 Å². The summed E-state index contributed by atoms with van der Waals surface area (Å²) in [5.41, 5.74) is 0.159. The number of carbonyl (C=O) groups excluding carboxylic acids is 1. The van der Waals surface area contributed by atoms with Crippen LogP contribution in [0.25, 0.3) is 11.0 Å². The topological polar surface area (TPSA) is 91.9 Å². The van der Waals surface area contributed by atoms with Gasteiger partial charge in [0.1, 0.15) is 11.3 Å². The van der Waals surface area contributed by atoms with E-state index in [4.69, 9.17) is 4.42 Å². The van der Waals surface area contributed by atoms with E-state index < -0.39 is 11.5 Å². The Bertz CT molecular complexity index is 1040. The second-order valence-corrected chi connectivity index (χ2v) is 6.73. The Balaban J connectivity index is 1.39. The maximum absolute atomic E-state index is 12.3. The molecular formula is C23H24N2O4. The van der Waals surface area contributed by atoms with Gasteiger partial charge in [0, 0.05) is 19.3 Å². The maximum Gasteiger partial charge on any atom is 0.353 e. The van der Waals surface area contributed by atoms with Crippen LogP contribution < -0.4 is 10.9 Å². The first-order valence-corrected chi connectivity index (χ1v) is 9.74. The summed E-state index contributed by atoms with van der Waals surface area (Å²) in [5.74, 6) is -0.958. The lowest BCUT2D eigenvalue weighted by Crippen LogP contribution is -2.29. The van der Waals surface area contributed by atoms with Crippen LogP contribution in [0.4, 0.5) is 0 Å². The minimum Gasteiger partial charge on any atom is -0.506 e. The maximum atomic E-state index is 12.3. The van der Waals surface area contributed by atoms with Crippen molar-refractivity contribution < 1.29 is 14.3 Å². The number of hydrogen-bond acceptors (Lipinski definition) is 5. The zero-order valence-electron chi connectivity index (χ0n) is 16.1. The van der Waals surface area contributed by atoms with Crippen LogP contribution in [0.2, 0.25) is 0 Å². The third-order valence-corrected chi connectivity index (χ3v) is 4.55. The van der Waals surface area contributed by atoms with E-state index in [-0.39, 0.29) is 16.9 Å². The molecule has 0 saturated carbocycles. The van der Waals surface area contributed by atoms with Gasteiger partial charge in [0.15, 0.2) is 5.56 Å². The minimum atomic E-state index is -0.838. The minimum absolute atomic E-state index is 0.251. The fraction of sp³-hybridized carbons (Fsp3) is 0.261. The number of carbonyl (C=O) groups is 1. The Morgan fingerprint density at radius 2 is 1.72 bits per heavy atom. The summed E-state index contributed by atoms with van der Waals surface area (Å²) in [4.78, 5) is 28.7. The highest BCUT2D eigenvalue weighted by atomic mass is 16.4. The van der Waals surface area contributed by atoms with Gasteiger partial charge in [-0.1, -0.05) is 55.3 Å². The molecule has 1 amide bonds. The van der Waals surface area contributed by atoms with Gasteiger partial charge in [-0.2, -0.15) is 0 Å². The van der Waals surface area contributed by atoms with E-state index in [2.05, 4.69) is 10.3 Å². The number of hydrogen-bond donors (Lipinski definition) is 2. The summed E-state index contributed by atoms with van der Waals surface area (Å²) < 4.78 is 5.12. The molecule has 0 spiro atoms. The molecular weight excluding hydrogens is 368 g/mol. The Morgan fingerprint density at radius 3 is 2.55 bits per heavy atom. The second-order valence-electron chi connectivity index (χ2n) is 6.73. The van der Waals surface area contributed by atoms with Gasteiger partial charge in [-0.05, 0) is 30.5 Å². The number of benzene rings is 2. The fourth-order valence-corrected chi connectivity index (χ4v) is 3.01. The van der Waals surface area contributed by atoms with Crippen molar-refractivity contribution in [3.8, 4) is 5.75 Å². The monoisotopic (exact) mass is 392 g/mol. The van der Waals surface area contributed by atoms with Crippen molar-refractivity contribution in [2.24, 2.45) is 4.99 Å². The van der Waals surface area contributed by atoms with Crippen LogP contribution in [0.15, 0.2) is 68.8 Å². The molecule has 3 rings (SSSR count). The van der Waals surface area contributed by atoms with Crippen LogP contribution in [-0.2, 0) is 0 Å². The summed E-state index contributed by atoms with van der Waals surface area (Å²) in [6, 6.07) is 16.5. The number of nitrogens with one attached hydrogen (secondary N) is 1. The smallest absolute Gasteiger partial charge is 0.353 e.